The molecule has 0 saturated carbocycles. The summed E-state index contributed by atoms with van der Waals surface area (Å²) in [5.41, 5.74) is 7.63. The monoisotopic (exact) mass is 558 g/mol. The van der Waals surface area contributed by atoms with Crippen LogP contribution < -0.4 is 14.5 Å². The second kappa shape index (κ2) is 12.0. The molecular formula is C35H30N2O5. The minimum Gasteiger partial charge on any atom is -0.485 e. The van der Waals surface area contributed by atoms with Crippen molar-refractivity contribution in [2.75, 3.05) is 30.5 Å². The number of ether oxygens (including phenoxy) is 2. The lowest BCUT2D eigenvalue weighted by Gasteiger charge is -2.21. The smallest absolute Gasteiger partial charge is 0.330 e. The van der Waals surface area contributed by atoms with Crippen molar-refractivity contribution < 1.29 is 23.9 Å². The lowest BCUT2D eigenvalue weighted by molar-refractivity contribution is -0.139. The average molecular weight is 559 g/mol. The molecule has 0 fully saturated rings. The summed E-state index contributed by atoms with van der Waals surface area (Å²) >= 11 is 0. The molecule has 0 atom stereocenters. The third-order valence-electron chi connectivity index (χ3n) is 7.26. The number of hydrogen-bond acceptors (Lipinski definition) is 7. The van der Waals surface area contributed by atoms with Crippen molar-refractivity contribution in [1.29, 1.82) is 0 Å². The number of nitrogens with zero attached hydrogens (tertiary/aromatic N) is 2. The van der Waals surface area contributed by atoms with Gasteiger partial charge in [0.25, 0.3) is 0 Å². The van der Waals surface area contributed by atoms with E-state index in [9.17, 15) is 14.4 Å². The maximum atomic E-state index is 13.6. The molecule has 4 aromatic carbocycles. The van der Waals surface area contributed by atoms with Gasteiger partial charge in [-0.15, -0.1) is 0 Å². The Kier molecular flexibility index (Phi) is 8.02. The van der Waals surface area contributed by atoms with Crippen LogP contribution in [0.4, 0.5) is 22.7 Å². The molecule has 7 nitrogen and oxygen atoms in total. The molecular weight excluding hydrogens is 528 g/mol. The number of rotatable bonds is 11. The number of benzene rings is 4. The molecule has 0 aliphatic heterocycles. The number of carbonyl (C=O) groups is 3. The van der Waals surface area contributed by atoms with Gasteiger partial charge in [0.1, 0.15) is 12.4 Å². The van der Waals surface area contributed by atoms with Gasteiger partial charge in [-0.1, -0.05) is 37.4 Å². The van der Waals surface area contributed by atoms with E-state index in [1.165, 1.54) is 6.08 Å². The SMILES string of the molecule is C=CC(=O)COc1ccc(N(C)c2ccc3c(c2)C(=O)c2cc(N(C)c4ccc(COC(=O)C=C)cc4)ccc2-3)cc1. The van der Waals surface area contributed by atoms with E-state index in [1.54, 1.807) is 12.1 Å². The molecule has 0 N–H and O–H groups in total. The van der Waals surface area contributed by atoms with Gasteiger partial charge in [-0.05, 0) is 83.4 Å². The molecule has 1 aliphatic rings. The predicted octanol–water partition coefficient (Wildman–Crippen LogP) is 6.80. The van der Waals surface area contributed by atoms with Crippen LogP contribution in [0.5, 0.6) is 5.75 Å². The van der Waals surface area contributed by atoms with Crippen LogP contribution in [-0.2, 0) is 20.9 Å². The fourth-order valence-corrected chi connectivity index (χ4v) is 4.78. The number of hydrogen-bond donors (Lipinski definition) is 0. The summed E-state index contributed by atoms with van der Waals surface area (Å²) in [6.07, 6.45) is 2.38. The van der Waals surface area contributed by atoms with Crippen LogP contribution in [0.3, 0.4) is 0 Å². The van der Waals surface area contributed by atoms with Crippen LogP contribution >= 0.6 is 0 Å². The van der Waals surface area contributed by atoms with Crippen LogP contribution in [-0.4, -0.2) is 38.2 Å². The van der Waals surface area contributed by atoms with Crippen molar-refractivity contribution in [1.82, 2.24) is 0 Å². The molecule has 0 spiro atoms. The van der Waals surface area contributed by atoms with Crippen molar-refractivity contribution >= 4 is 40.3 Å². The lowest BCUT2D eigenvalue weighted by Crippen LogP contribution is -2.11. The second-order valence-corrected chi connectivity index (χ2v) is 9.84. The fourth-order valence-electron chi connectivity index (χ4n) is 4.78. The van der Waals surface area contributed by atoms with Crippen molar-refractivity contribution in [2.24, 2.45) is 0 Å². The Bertz CT molecular complexity index is 1560. The molecule has 7 heteroatoms. The summed E-state index contributed by atoms with van der Waals surface area (Å²) in [6.45, 7) is 6.98. The quantitative estimate of drug-likeness (QED) is 0.130. The number of anilines is 4. The summed E-state index contributed by atoms with van der Waals surface area (Å²) in [6, 6.07) is 27.0. The molecule has 4 aromatic rings. The molecule has 0 unspecified atom stereocenters. The zero-order valence-electron chi connectivity index (χ0n) is 23.5. The Hall–Kier alpha value is -5.43. The van der Waals surface area contributed by atoms with Gasteiger partial charge in [0.15, 0.2) is 18.2 Å². The standard InChI is InChI=1S/C35H30N2O5/c1-5-28(38)22-41-29-15-11-25(12-16-29)37(4)27-14-18-31-30-17-13-26(19-32(30)35(40)33(31)20-27)36(3)24-9-7-23(8-10-24)21-42-34(39)6-2/h5-20H,1-2,21-22H2,3-4H3. The Morgan fingerprint density at radius 3 is 1.69 bits per heavy atom. The van der Waals surface area contributed by atoms with E-state index in [1.807, 2.05) is 96.7 Å². The van der Waals surface area contributed by atoms with Gasteiger partial charge in [-0.2, -0.15) is 0 Å². The van der Waals surface area contributed by atoms with Crippen LogP contribution in [0, 0.1) is 0 Å². The maximum absolute atomic E-state index is 13.6. The first kappa shape index (κ1) is 28.1. The second-order valence-electron chi connectivity index (χ2n) is 9.84. The van der Waals surface area contributed by atoms with Gasteiger partial charge in [0.05, 0.1) is 0 Å². The molecule has 1 aliphatic carbocycles. The van der Waals surface area contributed by atoms with E-state index in [4.69, 9.17) is 9.47 Å². The van der Waals surface area contributed by atoms with Crippen LogP contribution in [0.15, 0.2) is 110 Å². The van der Waals surface area contributed by atoms with E-state index in [-0.39, 0.29) is 24.8 Å². The van der Waals surface area contributed by atoms with Gasteiger partial charge in [0.2, 0.25) is 0 Å². The minimum absolute atomic E-state index is 0.0134. The first-order valence-electron chi connectivity index (χ1n) is 13.4. The highest BCUT2D eigenvalue weighted by atomic mass is 16.5. The van der Waals surface area contributed by atoms with Crippen LogP contribution in [0.2, 0.25) is 0 Å². The molecule has 5 rings (SSSR count). The summed E-state index contributed by atoms with van der Waals surface area (Å²) in [5.74, 6) is -0.0658. The van der Waals surface area contributed by atoms with Crippen molar-refractivity contribution in [3.63, 3.8) is 0 Å². The number of esters is 1. The highest BCUT2D eigenvalue weighted by Gasteiger charge is 2.28. The zero-order valence-corrected chi connectivity index (χ0v) is 23.5. The molecule has 0 saturated heterocycles. The van der Waals surface area contributed by atoms with Crippen molar-refractivity contribution in [3.05, 3.63) is 127 Å². The van der Waals surface area contributed by atoms with Crippen LogP contribution in [0.25, 0.3) is 11.1 Å². The largest absolute Gasteiger partial charge is 0.485 e. The molecule has 0 amide bonds. The molecule has 0 heterocycles. The Morgan fingerprint density at radius 2 is 1.19 bits per heavy atom. The zero-order chi connectivity index (χ0) is 29.8. The van der Waals surface area contributed by atoms with Crippen molar-refractivity contribution in [3.8, 4) is 16.9 Å². The third kappa shape index (κ3) is 5.71. The van der Waals surface area contributed by atoms with E-state index in [0.29, 0.717) is 16.9 Å². The summed E-state index contributed by atoms with van der Waals surface area (Å²) in [4.78, 5) is 40.3. The maximum Gasteiger partial charge on any atom is 0.330 e. The summed E-state index contributed by atoms with van der Waals surface area (Å²) in [7, 11) is 3.88. The normalized spacial score (nSPS) is 11.2. The van der Waals surface area contributed by atoms with Gasteiger partial charge < -0.3 is 19.3 Å². The Morgan fingerprint density at radius 1 is 0.690 bits per heavy atom. The molecule has 42 heavy (non-hydrogen) atoms. The molecule has 0 bridgehead atoms. The van der Waals surface area contributed by atoms with E-state index in [2.05, 4.69) is 13.2 Å². The number of ketones is 2. The van der Waals surface area contributed by atoms with E-state index >= 15 is 0 Å². The number of fused-ring (bicyclic) bond motifs is 3. The van der Waals surface area contributed by atoms with E-state index < -0.39 is 5.97 Å². The Balaban J connectivity index is 1.31. The molecule has 210 valence electrons. The third-order valence-corrected chi connectivity index (χ3v) is 7.26. The highest BCUT2D eigenvalue weighted by molar-refractivity contribution is 6.22. The highest BCUT2D eigenvalue weighted by Crippen LogP contribution is 2.41. The molecule has 0 radical (unpaired) electrons. The van der Waals surface area contributed by atoms with Crippen LogP contribution in [0.1, 0.15) is 21.5 Å². The topological polar surface area (TPSA) is 76.2 Å². The van der Waals surface area contributed by atoms with Gasteiger partial charge in [-0.25, -0.2) is 4.79 Å². The summed E-state index contributed by atoms with van der Waals surface area (Å²) in [5, 5.41) is 0. The average Bonchev–Trinajstić information content (AvgIpc) is 3.32. The lowest BCUT2D eigenvalue weighted by atomic mass is 10.0. The first-order valence-corrected chi connectivity index (χ1v) is 13.4. The van der Waals surface area contributed by atoms with Gasteiger partial charge in [-0.3, -0.25) is 9.59 Å². The van der Waals surface area contributed by atoms with Gasteiger partial charge in [0, 0.05) is 54.0 Å². The number of carbonyl (C=O) groups excluding carboxylic acids is 3. The minimum atomic E-state index is -0.460. The fraction of sp³-hybridized carbons (Fsp3) is 0.114. The summed E-state index contributed by atoms with van der Waals surface area (Å²) < 4.78 is 10.6. The van der Waals surface area contributed by atoms with Gasteiger partial charge >= 0.3 is 5.97 Å². The first-order chi connectivity index (χ1) is 20.3. The van der Waals surface area contributed by atoms with E-state index in [0.717, 1.165) is 45.5 Å². The molecule has 0 aromatic heterocycles. The Labute approximate surface area is 244 Å². The predicted molar refractivity (Wildman–Crippen MR) is 165 cm³/mol. The van der Waals surface area contributed by atoms with Crippen molar-refractivity contribution in [2.45, 2.75) is 6.61 Å².